The predicted octanol–water partition coefficient (Wildman–Crippen LogP) is 4.58. The maximum Gasteiger partial charge on any atom is 0.410 e. The number of rotatable bonds is 1. The number of benzene rings is 1. The zero-order valence-corrected chi connectivity index (χ0v) is 16.2. The molecule has 0 unspecified atom stereocenters. The number of hydrogen-bond donors (Lipinski definition) is 0. The van der Waals surface area contributed by atoms with Crippen molar-refractivity contribution in [1.29, 1.82) is 0 Å². The third-order valence-electron chi connectivity index (χ3n) is 3.70. The fourth-order valence-corrected chi connectivity index (χ4v) is 3.15. The van der Waals surface area contributed by atoms with Crippen molar-refractivity contribution >= 4 is 33.6 Å². The van der Waals surface area contributed by atoms with Gasteiger partial charge in [0.25, 0.3) is 0 Å². The van der Waals surface area contributed by atoms with Crippen molar-refractivity contribution in [3.8, 4) is 5.69 Å². The lowest BCUT2D eigenvalue weighted by atomic mass is 10.1. The summed E-state index contributed by atoms with van der Waals surface area (Å²) in [5, 5.41) is 5.23. The number of nitrogens with zero attached hydrogens (tertiary/aromatic N) is 3. The van der Waals surface area contributed by atoms with E-state index < -0.39 is 5.60 Å². The van der Waals surface area contributed by atoms with E-state index >= 15 is 0 Å². The topological polar surface area (TPSA) is 47.4 Å². The predicted molar refractivity (Wildman–Crippen MR) is 96.6 cm³/mol. The van der Waals surface area contributed by atoms with Gasteiger partial charge in [0.15, 0.2) is 0 Å². The first-order chi connectivity index (χ1) is 11.2. The highest BCUT2D eigenvalue weighted by Gasteiger charge is 2.27. The van der Waals surface area contributed by atoms with Crippen LogP contribution in [0.15, 0.2) is 28.9 Å². The largest absolute Gasteiger partial charge is 0.444 e. The van der Waals surface area contributed by atoms with Gasteiger partial charge in [0.05, 0.1) is 22.9 Å². The Morgan fingerprint density at radius 3 is 2.83 bits per heavy atom. The second kappa shape index (κ2) is 6.41. The number of hydrogen-bond acceptors (Lipinski definition) is 3. The van der Waals surface area contributed by atoms with E-state index in [1.165, 1.54) is 0 Å². The zero-order chi connectivity index (χ0) is 17.5. The van der Waals surface area contributed by atoms with Gasteiger partial charge in [-0.05, 0) is 60.8 Å². The van der Waals surface area contributed by atoms with E-state index in [0.717, 1.165) is 27.8 Å². The quantitative estimate of drug-likeness (QED) is 0.689. The van der Waals surface area contributed by atoms with Crippen LogP contribution < -0.4 is 0 Å². The lowest BCUT2D eigenvalue weighted by molar-refractivity contribution is 0.0221. The van der Waals surface area contributed by atoms with Crippen LogP contribution in [0.25, 0.3) is 5.69 Å². The lowest BCUT2D eigenvalue weighted by Crippen LogP contribution is -2.39. The summed E-state index contributed by atoms with van der Waals surface area (Å²) in [7, 11) is 0. The van der Waals surface area contributed by atoms with Gasteiger partial charge < -0.3 is 9.64 Å². The molecule has 2 aromatic rings. The minimum atomic E-state index is -0.499. The van der Waals surface area contributed by atoms with Gasteiger partial charge in [-0.1, -0.05) is 17.7 Å². The molecule has 1 aliphatic rings. The number of halogens is 2. The molecule has 1 aromatic heterocycles. The number of fused-ring (bicyclic) bond motifs is 1. The summed E-state index contributed by atoms with van der Waals surface area (Å²) in [5.74, 6) is 0. The Morgan fingerprint density at radius 2 is 2.12 bits per heavy atom. The van der Waals surface area contributed by atoms with E-state index in [1.54, 1.807) is 9.58 Å². The summed E-state index contributed by atoms with van der Waals surface area (Å²) in [6, 6.07) is 5.72. The Labute approximate surface area is 154 Å². The molecule has 7 heteroatoms. The first kappa shape index (κ1) is 17.3. The van der Waals surface area contributed by atoms with Crippen molar-refractivity contribution < 1.29 is 9.53 Å². The first-order valence-corrected chi connectivity index (χ1v) is 8.91. The average Bonchev–Trinajstić information content (AvgIpc) is 2.91. The third kappa shape index (κ3) is 3.59. The Morgan fingerprint density at radius 1 is 1.38 bits per heavy atom. The Kier molecular flexibility index (Phi) is 4.62. The minimum absolute atomic E-state index is 0.303. The van der Waals surface area contributed by atoms with Crippen LogP contribution in [0.3, 0.4) is 0 Å². The van der Waals surface area contributed by atoms with Crippen LogP contribution in [-0.4, -0.2) is 32.9 Å². The summed E-state index contributed by atoms with van der Waals surface area (Å²) in [6.07, 6.45) is 2.43. The van der Waals surface area contributed by atoms with E-state index in [9.17, 15) is 4.79 Å². The molecule has 0 atom stereocenters. The Hall–Kier alpha value is -1.53. The van der Waals surface area contributed by atoms with Gasteiger partial charge in [-0.25, -0.2) is 9.48 Å². The maximum atomic E-state index is 12.2. The van der Waals surface area contributed by atoms with Crippen LogP contribution >= 0.6 is 27.5 Å². The summed E-state index contributed by atoms with van der Waals surface area (Å²) in [5.41, 5.74) is 2.32. The van der Waals surface area contributed by atoms with Crippen molar-refractivity contribution in [3.05, 3.63) is 45.1 Å². The van der Waals surface area contributed by atoms with Crippen molar-refractivity contribution in [2.24, 2.45) is 0 Å². The number of aromatic nitrogens is 2. The second-order valence-electron chi connectivity index (χ2n) is 6.77. The van der Waals surface area contributed by atoms with Crippen LogP contribution in [0, 0.1) is 0 Å². The number of amides is 1. The van der Waals surface area contributed by atoms with Crippen LogP contribution in [0.4, 0.5) is 4.79 Å². The smallest absolute Gasteiger partial charge is 0.410 e. The summed E-state index contributed by atoms with van der Waals surface area (Å²) in [4.78, 5) is 13.9. The fraction of sp³-hybridized carbons (Fsp3) is 0.412. The van der Waals surface area contributed by atoms with Crippen LogP contribution in [0.5, 0.6) is 0 Å². The second-order valence-corrected chi connectivity index (χ2v) is 8.00. The highest BCUT2D eigenvalue weighted by Crippen LogP contribution is 2.30. The molecular weight excluding hydrogens is 394 g/mol. The summed E-state index contributed by atoms with van der Waals surface area (Å²) < 4.78 is 8.04. The molecule has 0 saturated carbocycles. The van der Waals surface area contributed by atoms with Crippen LogP contribution in [0.1, 0.15) is 32.0 Å². The molecule has 0 radical (unpaired) electrons. The third-order valence-corrected chi connectivity index (χ3v) is 4.98. The normalized spacial score (nSPS) is 14.5. The van der Waals surface area contributed by atoms with Gasteiger partial charge in [0.1, 0.15) is 5.60 Å². The highest BCUT2D eigenvalue weighted by atomic mass is 79.9. The minimum Gasteiger partial charge on any atom is -0.444 e. The number of ether oxygens (including phenoxy) is 1. The van der Waals surface area contributed by atoms with Crippen LogP contribution in [0.2, 0.25) is 5.02 Å². The van der Waals surface area contributed by atoms with E-state index in [4.69, 9.17) is 16.3 Å². The number of carbonyl (C=O) groups excluding carboxylic acids is 1. The molecule has 1 amide bonds. The first-order valence-electron chi connectivity index (χ1n) is 7.74. The SMILES string of the molecule is CC(C)(C)OC(=O)N1CCc2cn(-c3cccc(Br)c3Cl)nc2C1. The molecule has 0 spiro atoms. The molecule has 5 nitrogen and oxygen atoms in total. The van der Waals surface area contributed by atoms with Gasteiger partial charge in [0.2, 0.25) is 0 Å². The lowest BCUT2D eigenvalue weighted by Gasteiger charge is -2.29. The Bertz CT molecular complexity index is 783. The molecule has 24 heavy (non-hydrogen) atoms. The molecular formula is C17H19BrClN3O2. The maximum absolute atomic E-state index is 12.2. The van der Waals surface area contributed by atoms with E-state index in [0.29, 0.717) is 18.1 Å². The molecule has 0 bridgehead atoms. The molecule has 1 aliphatic heterocycles. The van der Waals surface area contributed by atoms with E-state index in [-0.39, 0.29) is 6.09 Å². The van der Waals surface area contributed by atoms with E-state index in [1.807, 2.05) is 45.2 Å². The summed E-state index contributed by atoms with van der Waals surface area (Å²) >= 11 is 9.78. The monoisotopic (exact) mass is 411 g/mol. The molecule has 2 heterocycles. The molecule has 0 N–H and O–H groups in total. The summed E-state index contributed by atoms with van der Waals surface area (Å²) in [6.45, 7) is 6.67. The van der Waals surface area contributed by atoms with Crippen molar-refractivity contribution in [2.45, 2.75) is 39.3 Å². The van der Waals surface area contributed by atoms with Crippen molar-refractivity contribution in [2.75, 3.05) is 6.54 Å². The highest BCUT2D eigenvalue weighted by molar-refractivity contribution is 9.10. The zero-order valence-electron chi connectivity index (χ0n) is 13.8. The molecule has 128 valence electrons. The molecule has 0 saturated heterocycles. The standard InChI is InChI=1S/C17H19BrClN3O2/c1-17(2,3)24-16(23)21-8-7-11-9-22(20-13(11)10-21)14-6-4-5-12(18)15(14)19/h4-6,9H,7-8,10H2,1-3H3. The average molecular weight is 413 g/mol. The molecule has 1 aromatic carbocycles. The van der Waals surface area contributed by atoms with Crippen molar-refractivity contribution in [1.82, 2.24) is 14.7 Å². The van der Waals surface area contributed by atoms with Gasteiger partial charge in [0, 0.05) is 17.2 Å². The van der Waals surface area contributed by atoms with Gasteiger partial charge in [-0.3, -0.25) is 0 Å². The van der Waals surface area contributed by atoms with Gasteiger partial charge in [-0.2, -0.15) is 5.10 Å². The molecule has 0 fully saturated rings. The number of carbonyl (C=O) groups is 1. The van der Waals surface area contributed by atoms with Crippen LogP contribution in [-0.2, 0) is 17.7 Å². The Balaban J connectivity index is 1.83. The van der Waals surface area contributed by atoms with Gasteiger partial charge >= 0.3 is 6.09 Å². The molecule has 0 aliphatic carbocycles. The fourth-order valence-electron chi connectivity index (χ4n) is 2.58. The molecule has 3 rings (SSSR count). The van der Waals surface area contributed by atoms with Crippen molar-refractivity contribution in [3.63, 3.8) is 0 Å². The van der Waals surface area contributed by atoms with Gasteiger partial charge in [-0.15, -0.1) is 0 Å². The van der Waals surface area contributed by atoms with E-state index in [2.05, 4.69) is 21.0 Å².